The van der Waals surface area contributed by atoms with Crippen molar-refractivity contribution in [2.24, 2.45) is 11.8 Å². The Labute approximate surface area is 237 Å². The maximum absolute atomic E-state index is 13.9. The first kappa shape index (κ1) is 30.8. The van der Waals surface area contributed by atoms with Gasteiger partial charge in [-0.2, -0.15) is 0 Å². The Morgan fingerprint density at radius 1 is 1.00 bits per heavy atom. The van der Waals surface area contributed by atoms with Gasteiger partial charge >= 0.3 is 0 Å². The Hall–Kier alpha value is -3.69. The van der Waals surface area contributed by atoms with Crippen LogP contribution in [0.2, 0.25) is 0 Å². The number of hydrogen-bond donors (Lipinski definition) is 4. The van der Waals surface area contributed by atoms with E-state index in [-0.39, 0.29) is 17.7 Å². The number of hydrogen-bond acceptors (Lipinski definition) is 6. The molecule has 216 valence electrons. The molecule has 2 bridgehead atoms. The summed E-state index contributed by atoms with van der Waals surface area (Å²) in [5, 5.41) is 19.2. The molecule has 0 spiro atoms. The molecule has 0 saturated heterocycles. The van der Waals surface area contributed by atoms with Crippen LogP contribution in [0, 0.1) is 11.8 Å². The van der Waals surface area contributed by atoms with Gasteiger partial charge in [-0.05, 0) is 61.7 Å². The Balaban J connectivity index is 2.01. The van der Waals surface area contributed by atoms with Gasteiger partial charge in [0.05, 0.1) is 12.1 Å². The van der Waals surface area contributed by atoms with E-state index in [4.69, 9.17) is 4.74 Å². The van der Waals surface area contributed by atoms with Crippen LogP contribution in [0.25, 0.3) is 6.08 Å². The highest BCUT2D eigenvalue weighted by Crippen LogP contribution is 2.21. The third kappa shape index (κ3) is 8.16. The van der Waals surface area contributed by atoms with E-state index in [1.165, 1.54) is 6.20 Å². The predicted octanol–water partition coefficient (Wildman–Crippen LogP) is 2.35. The number of amides is 3. The van der Waals surface area contributed by atoms with E-state index in [9.17, 15) is 19.5 Å². The molecule has 2 aliphatic rings. The molecule has 4 N–H and O–H groups in total. The summed E-state index contributed by atoms with van der Waals surface area (Å²) in [5.74, 6) is -1.52. The Kier molecular flexibility index (Phi) is 10.9. The van der Waals surface area contributed by atoms with Crippen LogP contribution in [0.5, 0.6) is 5.75 Å². The van der Waals surface area contributed by atoms with Crippen molar-refractivity contribution in [2.45, 2.75) is 64.4 Å². The molecule has 3 amide bonds. The van der Waals surface area contributed by atoms with E-state index >= 15 is 0 Å². The van der Waals surface area contributed by atoms with Gasteiger partial charge in [-0.25, -0.2) is 0 Å². The summed E-state index contributed by atoms with van der Waals surface area (Å²) in [4.78, 5) is 42.5. The molecular weight excluding hydrogens is 508 g/mol. The van der Waals surface area contributed by atoms with Gasteiger partial charge in [-0.1, -0.05) is 70.2 Å². The van der Waals surface area contributed by atoms with Gasteiger partial charge in [0.2, 0.25) is 17.7 Å². The normalized spacial score (nSPS) is 22.2. The molecule has 5 atom stereocenters. The van der Waals surface area contributed by atoms with Crippen LogP contribution in [0.1, 0.15) is 38.8 Å². The molecule has 0 saturated carbocycles. The average molecular weight is 551 g/mol. The van der Waals surface area contributed by atoms with Gasteiger partial charge in [0.1, 0.15) is 23.9 Å². The monoisotopic (exact) mass is 550 g/mol. The first-order valence-corrected chi connectivity index (χ1v) is 13.7. The quantitative estimate of drug-likeness (QED) is 0.401. The molecule has 2 aliphatic heterocycles. The van der Waals surface area contributed by atoms with Crippen LogP contribution in [-0.2, 0) is 20.8 Å². The molecule has 2 aromatic rings. The molecule has 9 nitrogen and oxygen atoms in total. The number of rotatable bonds is 8. The molecule has 2 heterocycles. The third-order valence-electron chi connectivity index (χ3n) is 7.02. The highest BCUT2D eigenvalue weighted by atomic mass is 16.5. The lowest BCUT2D eigenvalue weighted by molar-refractivity contribution is -0.137. The summed E-state index contributed by atoms with van der Waals surface area (Å²) in [6.07, 6.45) is 1.69. The van der Waals surface area contributed by atoms with E-state index in [1.54, 1.807) is 37.0 Å². The second-order valence-electron chi connectivity index (χ2n) is 11.1. The molecule has 0 aromatic heterocycles. The number of fused-ring (bicyclic) bond motifs is 10. The first-order chi connectivity index (χ1) is 19.0. The maximum Gasteiger partial charge on any atom is 0.249 e. The highest BCUT2D eigenvalue weighted by molar-refractivity contribution is 5.94. The molecule has 0 fully saturated rings. The summed E-state index contributed by atoms with van der Waals surface area (Å²) >= 11 is 0. The number of nitrogens with zero attached hydrogens (tertiary/aromatic N) is 1. The molecular formula is C31H42N4O5. The lowest BCUT2D eigenvalue weighted by atomic mass is 9.95. The standard InChI is InChI=1S/C31H42N4O5/c1-19(2)27(36)25-30(38)32-17-16-21-12-14-23(15-13-21)40-28(20(3)4)26(31(39)33-25)34-29(37)24(35(5)6)18-22-10-8-7-9-11-22/h7-17,19-20,24-28,36H,18H2,1-6H3,(H,32,38)(H,33,39)(H,34,37)/b17-16+/t24-,25-,26+,27+,28-/m0/s1. The van der Waals surface area contributed by atoms with E-state index in [2.05, 4.69) is 16.0 Å². The molecule has 0 unspecified atom stereocenters. The molecule has 0 radical (unpaired) electrons. The number of likely N-dealkylation sites (N-methyl/N-ethyl adjacent to an activating group) is 1. The van der Waals surface area contributed by atoms with Crippen LogP contribution in [-0.4, -0.2) is 72.2 Å². The van der Waals surface area contributed by atoms with Crippen LogP contribution in [0.3, 0.4) is 0 Å². The van der Waals surface area contributed by atoms with Crippen molar-refractivity contribution in [3.8, 4) is 5.75 Å². The fraction of sp³-hybridized carbons (Fsp3) is 0.452. The summed E-state index contributed by atoms with van der Waals surface area (Å²) in [6, 6.07) is 13.9. The van der Waals surface area contributed by atoms with Crippen molar-refractivity contribution < 1.29 is 24.2 Å². The van der Waals surface area contributed by atoms with Gasteiger partial charge in [-0.15, -0.1) is 0 Å². The van der Waals surface area contributed by atoms with E-state index in [0.717, 1.165) is 11.1 Å². The maximum atomic E-state index is 13.9. The first-order valence-electron chi connectivity index (χ1n) is 13.7. The summed E-state index contributed by atoms with van der Waals surface area (Å²) < 4.78 is 6.31. The number of ether oxygens (including phenoxy) is 1. The van der Waals surface area contributed by atoms with Crippen molar-refractivity contribution in [1.82, 2.24) is 20.9 Å². The van der Waals surface area contributed by atoms with E-state index in [0.29, 0.717) is 12.2 Å². The molecule has 0 aliphatic carbocycles. The Morgan fingerprint density at radius 2 is 1.65 bits per heavy atom. The fourth-order valence-electron chi connectivity index (χ4n) is 4.54. The minimum atomic E-state index is -1.25. The zero-order valence-electron chi connectivity index (χ0n) is 24.1. The number of nitrogens with one attached hydrogen (secondary N) is 3. The van der Waals surface area contributed by atoms with Crippen LogP contribution in [0.4, 0.5) is 0 Å². The highest BCUT2D eigenvalue weighted by Gasteiger charge is 2.39. The number of carbonyl (C=O) groups excluding carboxylic acids is 3. The zero-order chi connectivity index (χ0) is 29.4. The lowest BCUT2D eigenvalue weighted by Crippen LogP contribution is -2.63. The second-order valence-corrected chi connectivity index (χ2v) is 11.1. The van der Waals surface area contributed by atoms with Crippen LogP contribution in [0.15, 0.2) is 60.8 Å². The number of benzene rings is 2. The van der Waals surface area contributed by atoms with E-state index in [1.807, 2.05) is 70.4 Å². The van der Waals surface area contributed by atoms with Crippen molar-refractivity contribution in [2.75, 3.05) is 14.1 Å². The van der Waals surface area contributed by atoms with E-state index < -0.39 is 42.1 Å². The van der Waals surface area contributed by atoms with Gasteiger partial charge in [-0.3, -0.25) is 19.3 Å². The van der Waals surface area contributed by atoms with Gasteiger partial charge < -0.3 is 25.8 Å². The zero-order valence-corrected chi connectivity index (χ0v) is 24.1. The predicted molar refractivity (Wildman–Crippen MR) is 155 cm³/mol. The van der Waals surface area contributed by atoms with Crippen molar-refractivity contribution >= 4 is 23.8 Å². The average Bonchev–Trinajstić information content (AvgIpc) is 2.92. The van der Waals surface area contributed by atoms with Crippen molar-refractivity contribution in [1.29, 1.82) is 0 Å². The topological polar surface area (TPSA) is 120 Å². The minimum absolute atomic E-state index is 0.197. The van der Waals surface area contributed by atoms with Crippen LogP contribution < -0.4 is 20.7 Å². The van der Waals surface area contributed by atoms with Gasteiger partial charge in [0.15, 0.2) is 0 Å². The molecule has 9 heteroatoms. The smallest absolute Gasteiger partial charge is 0.249 e. The largest absolute Gasteiger partial charge is 0.487 e. The Morgan fingerprint density at radius 3 is 2.23 bits per heavy atom. The molecule has 40 heavy (non-hydrogen) atoms. The minimum Gasteiger partial charge on any atom is -0.487 e. The summed E-state index contributed by atoms with van der Waals surface area (Å²) in [7, 11) is 3.62. The van der Waals surface area contributed by atoms with Gasteiger partial charge in [0.25, 0.3) is 0 Å². The Bertz CT molecular complexity index is 1160. The fourth-order valence-corrected chi connectivity index (χ4v) is 4.54. The summed E-state index contributed by atoms with van der Waals surface area (Å²) in [5.41, 5.74) is 1.81. The van der Waals surface area contributed by atoms with Crippen molar-refractivity contribution in [3.63, 3.8) is 0 Å². The molecule has 4 rings (SSSR count). The van der Waals surface area contributed by atoms with Gasteiger partial charge in [0, 0.05) is 6.20 Å². The molecule has 2 aromatic carbocycles. The third-order valence-corrected chi connectivity index (χ3v) is 7.02. The number of carbonyl (C=O) groups is 3. The second kappa shape index (κ2) is 14.1. The summed E-state index contributed by atoms with van der Waals surface area (Å²) in [6.45, 7) is 7.32. The van der Waals surface area contributed by atoms with Crippen molar-refractivity contribution in [3.05, 3.63) is 71.9 Å². The number of aliphatic hydroxyl groups excluding tert-OH is 1. The number of aliphatic hydroxyl groups is 1. The SMILES string of the molecule is CC(C)[C@@H](O)[C@@H]1NC(=O)[C@H](NC(=O)[C@H](Cc2ccccc2)N(C)C)[C@H](C(C)C)Oc2ccc(cc2)/C=C/NC1=O. The van der Waals surface area contributed by atoms with Crippen LogP contribution >= 0.6 is 0 Å². The lowest BCUT2D eigenvalue weighted by Gasteiger charge is -2.34.